The molecule has 0 spiro atoms. The van der Waals surface area contributed by atoms with Crippen LogP contribution in [0, 0.1) is 5.41 Å². The topological polar surface area (TPSA) is 114 Å². The molecule has 0 saturated carbocycles. The van der Waals surface area contributed by atoms with Crippen molar-refractivity contribution in [1.29, 1.82) is 0 Å². The summed E-state index contributed by atoms with van der Waals surface area (Å²) in [6.07, 6.45) is 2.46. The number of carbonyl (C=O) groups excluding carboxylic acids is 3. The van der Waals surface area contributed by atoms with E-state index in [2.05, 4.69) is 29.8 Å². The highest BCUT2D eigenvalue weighted by molar-refractivity contribution is 6.00. The molecule has 2 aliphatic rings. The average molecular weight is 564 g/mol. The van der Waals surface area contributed by atoms with Crippen LogP contribution >= 0.6 is 0 Å². The van der Waals surface area contributed by atoms with E-state index in [1.54, 1.807) is 17.0 Å². The van der Waals surface area contributed by atoms with Gasteiger partial charge in [-0.1, -0.05) is 44.2 Å². The van der Waals surface area contributed by atoms with Crippen molar-refractivity contribution in [2.24, 2.45) is 5.41 Å². The van der Waals surface area contributed by atoms with E-state index in [4.69, 9.17) is 0 Å². The summed E-state index contributed by atoms with van der Waals surface area (Å²) in [4.78, 5) is 41.8. The van der Waals surface area contributed by atoms with Gasteiger partial charge in [-0.2, -0.15) is 0 Å². The molecule has 0 bridgehead atoms. The second kappa shape index (κ2) is 14.0. The number of amides is 3. The van der Waals surface area contributed by atoms with Crippen LogP contribution in [0.4, 0.5) is 11.4 Å². The van der Waals surface area contributed by atoms with Crippen LogP contribution in [0.2, 0.25) is 0 Å². The second-order valence-corrected chi connectivity index (χ2v) is 12.0. The molecule has 2 saturated heterocycles. The summed E-state index contributed by atoms with van der Waals surface area (Å²) < 4.78 is 0. The molecular weight excluding hydrogens is 518 g/mol. The minimum absolute atomic E-state index is 0.0606. The summed E-state index contributed by atoms with van der Waals surface area (Å²) in [5.41, 5.74) is 2.77. The summed E-state index contributed by atoms with van der Waals surface area (Å²) >= 11 is 0. The van der Waals surface area contributed by atoms with Gasteiger partial charge in [0.15, 0.2) is 0 Å². The van der Waals surface area contributed by atoms with Gasteiger partial charge in [-0.3, -0.25) is 14.4 Å². The molecule has 0 aromatic heterocycles. The Morgan fingerprint density at radius 1 is 1.02 bits per heavy atom. The molecule has 0 unspecified atom stereocenters. The fraction of sp³-hybridized carbons (Fsp3) is 0.531. The number of aliphatic hydroxyl groups excluding tert-OH is 1. The van der Waals surface area contributed by atoms with E-state index < -0.39 is 12.1 Å². The van der Waals surface area contributed by atoms with Crippen LogP contribution in [0.3, 0.4) is 0 Å². The maximum absolute atomic E-state index is 13.6. The Labute approximate surface area is 243 Å². The van der Waals surface area contributed by atoms with Crippen molar-refractivity contribution in [3.8, 4) is 0 Å². The lowest BCUT2D eigenvalue weighted by molar-refractivity contribution is -0.128. The van der Waals surface area contributed by atoms with E-state index in [-0.39, 0.29) is 23.1 Å². The molecule has 4 rings (SSSR count). The summed E-state index contributed by atoms with van der Waals surface area (Å²) in [6.45, 7) is 9.92. The van der Waals surface area contributed by atoms with Crippen molar-refractivity contribution >= 4 is 29.1 Å². The molecule has 9 nitrogen and oxygen atoms in total. The van der Waals surface area contributed by atoms with Crippen molar-refractivity contribution in [3.05, 3.63) is 59.7 Å². The zero-order valence-corrected chi connectivity index (χ0v) is 24.6. The Morgan fingerprint density at radius 2 is 1.76 bits per heavy atom. The van der Waals surface area contributed by atoms with Crippen molar-refractivity contribution in [3.63, 3.8) is 0 Å². The van der Waals surface area contributed by atoms with E-state index in [9.17, 15) is 19.5 Å². The number of aliphatic hydroxyl groups is 1. The van der Waals surface area contributed by atoms with Gasteiger partial charge < -0.3 is 30.9 Å². The molecule has 2 heterocycles. The zero-order chi connectivity index (χ0) is 29.4. The number of hydrogen-bond acceptors (Lipinski definition) is 6. The molecule has 2 aliphatic heterocycles. The van der Waals surface area contributed by atoms with Gasteiger partial charge in [0, 0.05) is 69.0 Å². The molecule has 222 valence electrons. The highest BCUT2D eigenvalue weighted by atomic mass is 16.3. The van der Waals surface area contributed by atoms with Crippen molar-refractivity contribution in [2.45, 2.75) is 65.0 Å². The van der Waals surface area contributed by atoms with Crippen molar-refractivity contribution < 1.29 is 19.5 Å². The second-order valence-electron chi connectivity index (χ2n) is 12.0. The monoisotopic (exact) mass is 563 g/mol. The number of hydrogen-bond donors (Lipinski definition) is 4. The number of rotatable bonds is 14. The number of likely N-dealkylation sites (tertiary alicyclic amines) is 1. The van der Waals surface area contributed by atoms with Crippen LogP contribution < -0.4 is 20.9 Å². The van der Waals surface area contributed by atoms with Gasteiger partial charge in [0.05, 0.1) is 12.1 Å². The first-order valence-corrected chi connectivity index (χ1v) is 14.9. The smallest absolute Gasteiger partial charge is 0.251 e. The maximum atomic E-state index is 13.6. The van der Waals surface area contributed by atoms with Crippen LogP contribution in [0.15, 0.2) is 48.5 Å². The minimum atomic E-state index is -0.847. The highest BCUT2D eigenvalue weighted by Crippen LogP contribution is 2.27. The summed E-state index contributed by atoms with van der Waals surface area (Å²) in [6, 6.07) is 14.7. The molecule has 4 N–H and O–H groups in total. The van der Waals surface area contributed by atoms with E-state index in [0.717, 1.165) is 30.6 Å². The Hall–Kier alpha value is -3.43. The third-order valence-corrected chi connectivity index (χ3v) is 7.77. The predicted molar refractivity (Wildman–Crippen MR) is 162 cm³/mol. The molecule has 9 heteroatoms. The normalized spacial score (nSPS) is 17.2. The van der Waals surface area contributed by atoms with Gasteiger partial charge in [0.25, 0.3) is 5.91 Å². The van der Waals surface area contributed by atoms with Crippen LogP contribution in [0.25, 0.3) is 0 Å². The van der Waals surface area contributed by atoms with Crippen LogP contribution in [-0.2, 0) is 16.0 Å². The lowest BCUT2D eigenvalue weighted by Gasteiger charge is -2.31. The number of nitrogens with zero attached hydrogens (tertiary/aromatic N) is 2. The Morgan fingerprint density at radius 3 is 2.41 bits per heavy atom. The fourth-order valence-corrected chi connectivity index (χ4v) is 5.67. The third-order valence-electron chi connectivity index (χ3n) is 7.77. The molecule has 3 amide bonds. The van der Waals surface area contributed by atoms with Crippen molar-refractivity contribution in [1.82, 2.24) is 15.5 Å². The van der Waals surface area contributed by atoms with E-state index in [1.165, 1.54) is 0 Å². The Bertz CT molecular complexity index is 1200. The minimum Gasteiger partial charge on any atom is -0.390 e. The van der Waals surface area contributed by atoms with E-state index >= 15 is 0 Å². The standard InChI is InChI=1S/C32H45N5O4/c1-4-34-25-17-24(18-26(19-25)37-15-9-13-30(37)40)31(41)35-27(16-23-10-6-5-7-11-23)28(38)20-33-21-32(2,3)22-36-14-8-12-29(36)39/h5-7,10-11,17-19,27-28,33-34,38H,4,8-9,12-16,20-22H2,1-3H3,(H,35,41)/t27-,28+/m0/s1. The zero-order valence-electron chi connectivity index (χ0n) is 24.6. The fourth-order valence-electron chi connectivity index (χ4n) is 5.67. The van der Waals surface area contributed by atoms with E-state index in [0.29, 0.717) is 63.2 Å². The third kappa shape index (κ3) is 8.53. The van der Waals surface area contributed by atoms with Crippen LogP contribution in [0.1, 0.15) is 62.4 Å². The summed E-state index contributed by atoms with van der Waals surface area (Å²) in [5, 5.41) is 21.0. The number of benzene rings is 2. The number of anilines is 2. The predicted octanol–water partition coefficient (Wildman–Crippen LogP) is 3.19. The first-order chi connectivity index (χ1) is 19.6. The van der Waals surface area contributed by atoms with E-state index in [1.807, 2.05) is 48.2 Å². The van der Waals surface area contributed by atoms with Gasteiger partial charge in [-0.25, -0.2) is 0 Å². The van der Waals surface area contributed by atoms with Crippen LogP contribution in [0.5, 0.6) is 0 Å². The first kappa shape index (κ1) is 30.5. The molecule has 0 aliphatic carbocycles. The van der Waals surface area contributed by atoms with Gasteiger partial charge >= 0.3 is 0 Å². The number of carbonyl (C=O) groups is 3. The molecule has 2 fully saturated rings. The molecule has 2 aromatic carbocycles. The highest BCUT2D eigenvalue weighted by Gasteiger charge is 2.29. The largest absolute Gasteiger partial charge is 0.390 e. The summed E-state index contributed by atoms with van der Waals surface area (Å²) in [7, 11) is 0. The molecule has 2 aromatic rings. The van der Waals surface area contributed by atoms with Gasteiger partial charge in [-0.15, -0.1) is 0 Å². The van der Waals surface area contributed by atoms with Gasteiger partial charge in [0.1, 0.15) is 0 Å². The maximum Gasteiger partial charge on any atom is 0.251 e. The lowest BCUT2D eigenvalue weighted by Crippen LogP contribution is -2.50. The Kier molecular flexibility index (Phi) is 10.4. The lowest BCUT2D eigenvalue weighted by atomic mass is 9.92. The Balaban J connectivity index is 1.45. The molecule has 0 radical (unpaired) electrons. The molecular formula is C32H45N5O4. The average Bonchev–Trinajstić information content (AvgIpc) is 3.55. The molecule has 41 heavy (non-hydrogen) atoms. The van der Waals surface area contributed by atoms with Gasteiger partial charge in [-0.05, 0) is 55.4 Å². The molecule has 2 atom stereocenters. The van der Waals surface area contributed by atoms with Gasteiger partial charge in [0.2, 0.25) is 11.8 Å². The summed E-state index contributed by atoms with van der Waals surface area (Å²) in [5.74, 6) is -0.0322. The van der Waals surface area contributed by atoms with Crippen molar-refractivity contribution in [2.75, 3.05) is 49.5 Å². The van der Waals surface area contributed by atoms with Crippen LogP contribution in [-0.4, -0.2) is 79.1 Å². The quantitative estimate of drug-likeness (QED) is 0.281. The SMILES string of the molecule is CCNc1cc(C(=O)N[C@@H](Cc2ccccc2)[C@H](O)CNCC(C)(C)CN2CCCC2=O)cc(N2CCCC2=O)c1. The first-order valence-electron chi connectivity index (χ1n) is 14.9. The number of nitrogens with one attached hydrogen (secondary N) is 3.